The second-order valence-corrected chi connectivity index (χ2v) is 10.4. The number of benzene rings is 2. The number of carbonyl (C=O) groups excluding carboxylic acids is 1. The Morgan fingerprint density at radius 1 is 0.542 bits per heavy atom. The van der Waals surface area contributed by atoms with Gasteiger partial charge in [-0.15, -0.1) is 6.42 Å². The summed E-state index contributed by atoms with van der Waals surface area (Å²) in [4.78, 5) is 12.2. The van der Waals surface area contributed by atoms with Gasteiger partial charge in [-0.05, 0) is 22.3 Å². The van der Waals surface area contributed by atoms with Crippen LogP contribution >= 0.6 is 0 Å². The number of hydrogen-bond acceptors (Lipinski definition) is 11. The van der Waals surface area contributed by atoms with Crippen LogP contribution in [0.25, 0.3) is 11.1 Å². The standard InChI is InChI=1S/C36H51NO11/c1-2-12-39-14-16-41-18-20-43-22-24-45-26-28-47-29-27-46-25-23-44-21-19-42-17-15-40-13-11-37-36(38)48-30-35-33-9-5-3-7-31(33)32-8-4-6-10-34(32)35/h1,3-10,35H,11-30H2,(H,37,38). The zero-order valence-corrected chi connectivity index (χ0v) is 27.9. The van der Waals surface area contributed by atoms with Crippen LogP contribution in [0.2, 0.25) is 0 Å². The van der Waals surface area contributed by atoms with Crippen molar-refractivity contribution < 1.29 is 52.2 Å². The van der Waals surface area contributed by atoms with Crippen LogP contribution in [0.15, 0.2) is 48.5 Å². The van der Waals surface area contributed by atoms with E-state index in [9.17, 15) is 4.79 Å². The number of fused-ring (bicyclic) bond motifs is 3. The molecule has 0 aromatic heterocycles. The maximum absolute atomic E-state index is 12.2. The fourth-order valence-corrected chi connectivity index (χ4v) is 4.77. The molecule has 0 radical (unpaired) electrons. The lowest BCUT2D eigenvalue weighted by molar-refractivity contribution is -0.0245. The fourth-order valence-electron chi connectivity index (χ4n) is 4.77. The van der Waals surface area contributed by atoms with Gasteiger partial charge in [0.05, 0.1) is 112 Å². The molecule has 12 nitrogen and oxygen atoms in total. The molecule has 48 heavy (non-hydrogen) atoms. The van der Waals surface area contributed by atoms with Gasteiger partial charge in [-0.25, -0.2) is 4.79 Å². The summed E-state index contributed by atoms with van der Waals surface area (Å²) in [6.07, 6.45) is 4.63. The maximum atomic E-state index is 12.2. The number of ether oxygens (including phenoxy) is 10. The minimum absolute atomic E-state index is 0.0385. The van der Waals surface area contributed by atoms with E-state index < -0.39 is 6.09 Å². The predicted octanol–water partition coefficient (Wildman–Crippen LogP) is 3.31. The van der Waals surface area contributed by atoms with Crippen molar-refractivity contribution in [3.8, 4) is 23.5 Å². The molecule has 266 valence electrons. The summed E-state index contributed by atoms with van der Waals surface area (Å²) in [5.41, 5.74) is 4.77. The first-order valence-corrected chi connectivity index (χ1v) is 16.5. The molecule has 12 heteroatoms. The van der Waals surface area contributed by atoms with Crippen LogP contribution in [0.1, 0.15) is 17.0 Å². The molecule has 0 saturated heterocycles. The van der Waals surface area contributed by atoms with E-state index in [0.29, 0.717) is 125 Å². The van der Waals surface area contributed by atoms with Crippen LogP contribution in [0.5, 0.6) is 0 Å². The van der Waals surface area contributed by atoms with Gasteiger partial charge in [0.1, 0.15) is 13.2 Å². The topological polar surface area (TPSA) is 121 Å². The summed E-state index contributed by atoms with van der Waals surface area (Å²) >= 11 is 0. The Morgan fingerprint density at radius 2 is 0.896 bits per heavy atom. The van der Waals surface area contributed by atoms with Gasteiger partial charge in [0.15, 0.2) is 0 Å². The summed E-state index contributed by atoms with van der Waals surface area (Å²) in [6, 6.07) is 16.5. The van der Waals surface area contributed by atoms with Gasteiger partial charge in [-0.2, -0.15) is 0 Å². The van der Waals surface area contributed by atoms with E-state index in [2.05, 4.69) is 35.5 Å². The van der Waals surface area contributed by atoms with Gasteiger partial charge < -0.3 is 52.7 Å². The van der Waals surface area contributed by atoms with Gasteiger partial charge in [0, 0.05) is 12.5 Å². The fraction of sp³-hybridized carbons (Fsp3) is 0.583. The van der Waals surface area contributed by atoms with Crippen molar-refractivity contribution in [3.05, 3.63) is 59.7 Å². The smallest absolute Gasteiger partial charge is 0.407 e. The summed E-state index contributed by atoms with van der Waals surface area (Å²) in [7, 11) is 0. The van der Waals surface area contributed by atoms with Crippen molar-refractivity contribution in [2.45, 2.75) is 5.92 Å². The Bertz CT molecular complexity index is 1110. The normalized spacial score (nSPS) is 12.1. The third-order valence-electron chi connectivity index (χ3n) is 7.02. The zero-order chi connectivity index (χ0) is 33.7. The van der Waals surface area contributed by atoms with Crippen molar-refractivity contribution in [1.82, 2.24) is 5.32 Å². The monoisotopic (exact) mass is 673 g/mol. The highest BCUT2D eigenvalue weighted by Gasteiger charge is 2.28. The Kier molecular flexibility index (Phi) is 22.0. The Morgan fingerprint density at radius 3 is 1.29 bits per heavy atom. The van der Waals surface area contributed by atoms with E-state index in [1.807, 2.05) is 24.3 Å². The molecule has 2 aromatic carbocycles. The molecule has 0 bridgehead atoms. The molecule has 3 rings (SSSR count). The Hall–Kier alpha value is -3.09. The van der Waals surface area contributed by atoms with Gasteiger partial charge >= 0.3 is 6.09 Å². The number of hydrogen-bond donors (Lipinski definition) is 1. The van der Waals surface area contributed by atoms with E-state index >= 15 is 0 Å². The Labute approximate surface area is 284 Å². The van der Waals surface area contributed by atoms with E-state index in [0.717, 1.165) is 0 Å². The highest BCUT2D eigenvalue weighted by molar-refractivity contribution is 5.79. The van der Waals surface area contributed by atoms with Gasteiger partial charge in [0.2, 0.25) is 0 Å². The molecule has 0 unspecified atom stereocenters. The van der Waals surface area contributed by atoms with Crippen LogP contribution in [0, 0.1) is 12.3 Å². The molecular formula is C36H51NO11. The predicted molar refractivity (Wildman–Crippen MR) is 179 cm³/mol. The van der Waals surface area contributed by atoms with Crippen LogP contribution in [0.3, 0.4) is 0 Å². The number of rotatable bonds is 30. The maximum Gasteiger partial charge on any atom is 0.407 e. The summed E-state index contributed by atoms with van der Waals surface area (Å²) in [6.45, 7) is 9.07. The summed E-state index contributed by atoms with van der Waals surface area (Å²) < 4.78 is 54.3. The molecule has 1 amide bonds. The minimum Gasteiger partial charge on any atom is -0.449 e. The van der Waals surface area contributed by atoms with Crippen molar-refractivity contribution in [2.24, 2.45) is 0 Å². The second-order valence-electron chi connectivity index (χ2n) is 10.4. The molecule has 0 spiro atoms. The third-order valence-corrected chi connectivity index (χ3v) is 7.02. The number of carbonyl (C=O) groups is 1. The zero-order valence-electron chi connectivity index (χ0n) is 27.9. The average Bonchev–Trinajstić information content (AvgIpc) is 3.43. The molecule has 0 aliphatic heterocycles. The first-order chi connectivity index (χ1) is 23.8. The van der Waals surface area contributed by atoms with E-state index in [1.54, 1.807) is 0 Å². The molecule has 0 fully saturated rings. The van der Waals surface area contributed by atoms with Gasteiger partial charge in [-0.3, -0.25) is 0 Å². The van der Waals surface area contributed by atoms with Crippen molar-refractivity contribution in [3.63, 3.8) is 0 Å². The van der Waals surface area contributed by atoms with Crippen LogP contribution in [-0.4, -0.2) is 138 Å². The largest absolute Gasteiger partial charge is 0.449 e. The van der Waals surface area contributed by atoms with Crippen molar-refractivity contribution >= 4 is 6.09 Å². The first-order valence-electron chi connectivity index (χ1n) is 16.5. The highest BCUT2D eigenvalue weighted by Crippen LogP contribution is 2.44. The second kappa shape index (κ2) is 26.8. The van der Waals surface area contributed by atoms with Crippen LogP contribution in [0.4, 0.5) is 4.79 Å². The molecule has 0 heterocycles. The molecule has 0 atom stereocenters. The van der Waals surface area contributed by atoms with E-state index in [4.69, 9.17) is 53.8 Å². The molecular weight excluding hydrogens is 622 g/mol. The summed E-state index contributed by atoms with van der Waals surface area (Å²) in [5, 5.41) is 2.74. The van der Waals surface area contributed by atoms with Crippen molar-refractivity contribution in [1.29, 1.82) is 0 Å². The Balaban J connectivity index is 0.988. The third kappa shape index (κ3) is 16.8. The molecule has 1 aliphatic rings. The van der Waals surface area contributed by atoms with Gasteiger partial charge in [0.25, 0.3) is 0 Å². The average molecular weight is 674 g/mol. The molecule has 1 aliphatic carbocycles. The van der Waals surface area contributed by atoms with Gasteiger partial charge in [-0.1, -0.05) is 54.5 Å². The molecule has 0 saturated carbocycles. The highest BCUT2D eigenvalue weighted by atomic mass is 16.6. The first kappa shape index (κ1) is 39.3. The molecule has 2 aromatic rings. The number of alkyl carbamates (subject to hydrolysis) is 1. The van der Waals surface area contributed by atoms with Crippen LogP contribution < -0.4 is 5.32 Å². The lowest BCUT2D eigenvalue weighted by atomic mass is 9.98. The lowest BCUT2D eigenvalue weighted by Gasteiger charge is -2.14. The number of amides is 1. The summed E-state index contributed by atoms with van der Waals surface area (Å²) in [5.74, 6) is 2.44. The van der Waals surface area contributed by atoms with E-state index in [-0.39, 0.29) is 12.5 Å². The molecule has 1 N–H and O–H groups in total. The quantitative estimate of drug-likeness (QED) is 0.0972. The SMILES string of the molecule is C#CCOCCOCCOCCOCCOCCOCCOCCOCCOCCNC(=O)OCC1c2ccccc2-c2ccccc21. The number of nitrogens with one attached hydrogen (secondary N) is 1. The number of terminal acetylenes is 1. The lowest BCUT2D eigenvalue weighted by Crippen LogP contribution is -2.29. The van der Waals surface area contributed by atoms with Crippen molar-refractivity contribution in [2.75, 3.05) is 132 Å². The minimum atomic E-state index is -0.452. The van der Waals surface area contributed by atoms with E-state index in [1.165, 1.54) is 22.3 Å². The van der Waals surface area contributed by atoms with Crippen LogP contribution in [-0.2, 0) is 47.4 Å².